The number of ether oxygens (including phenoxy) is 2. The Morgan fingerprint density at radius 3 is 2.37 bits per heavy atom. The molecule has 11 heteroatoms. The van der Waals surface area contributed by atoms with Gasteiger partial charge < -0.3 is 29.0 Å². The van der Waals surface area contributed by atoms with Gasteiger partial charge in [-0.15, -0.1) is 11.8 Å². The molecule has 2 bridgehead atoms. The Balaban J connectivity index is 1.09. The van der Waals surface area contributed by atoms with Gasteiger partial charge in [-0.05, 0) is 86.3 Å². The number of nitrogens with one attached hydrogen (secondary N) is 1. The van der Waals surface area contributed by atoms with Gasteiger partial charge in [0.2, 0.25) is 5.91 Å². The van der Waals surface area contributed by atoms with Crippen LogP contribution in [0, 0.1) is 0 Å². The quantitative estimate of drug-likeness (QED) is 0.238. The van der Waals surface area contributed by atoms with Gasteiger partial charge in [-0.2, -0.15) is 0 Å². The number of benzene rings is 3. The maximum absolute atomic E-state index is 14.1. The SMILES string of the molecule is O=C1NCCCCN(Cc2ccc3c(c2)OCCO3)CCCN(C(=O)c2ccccc2)[C@H]2C[C@@H]1N(C(=O)c1ccc(CSc3ccccc3)o1)C2. The normalized spacial score (nSPS) is 20.0. The zero-order valence-electron chi connectivity index (χ0n) is 28.7. The van der Waals surface area contributed by atoms with E-state index in [0.717, 1.165) is 60.9 Å². The summed E-state index contributed by atoms with van der Waals surface area (Å²) in [5, 5.41) is 3.10. The van der Waals surface area contributed by atoms with E-state index in [2.05, 4.69) is 22.3 Å². The van der Waals surface area contributed by atoms with Gasteiger partial charge in [-0.3, -0.25) is 19.3 Å². The fraction of sp³-hybridized carbons (Fsp3) is 0.375. The number of likely N-dealkylation sites (tertiary alicyclic amines) is 1. The highest BCUT2D eigenvalue weighted by Crippen LogP contribution is 2.32. The lowest BCUT2D eigenvalue weighted by Gasteiger charge is -2.31. The summed E-state index contributed by atoms with van der Waals surface area (Å²) in [6.45, 7) is 4.70. The molecule has 0 saturated carbocycles. The predicted molar refractivity (Wildman–Crippen MR) is 195 cm³/mol. The van der Waals surface area contributed by atoms with Crippen LogP contribution in [0.4, 0.5) is 0 Å². The monoisotopic (exact) mass is 708 g/mol. The highest BCUT2D eigenvalue weighted by Gasteiger charge is 2.44. The van der Waals surface area contributed by atoms with Gasteiger partial charge in [0, 0.05) is 43.2 Å². The molecule has 1 aromatic heterocycles. The maximum atomic E-state index is 14.1. The third-order valence-electron chi connectivity index (χ3n) is 9.65. The minimum absolute atomic E-state index is 0.0993. The molecule has 10 nitrogen and oxygen atoms in total. The summed E-state index contributed by atoms with van der Waals surface area (Å²) in [5.74, 6) is 2.37. The highest BCUT2D eigenvalue weighted by atomic mass is 32.2. The van der Waals surface area contributed by atoms with Crippen LogP contribution in [-0.4, -0.2) is 90.4 Å². The van der Waals surface area contributed by atoms with Crippen molar-refractivity contribution in [3.63, 3.8) is 0 Å². The first-order valence-corrected chi connectivity index (χ1v) is 18.8. The number of rotatable bonds is 7. The van der Waals surface area contributed by atoms with Crippen LogP contribution in [0.15, 0.2) is 100 Å². The Hall–Kier alpha value is -4.74. The molecule has 51 heavy (non-hydrogen) atoms. The van der Waals surface area contributed by atoms with Crippen LogP contribution in [0.2, 0.25) is 0 Å². The van der Waals surface area contributed by atoms with E-state index in [-0.39, 0.29) is 36.1 Å². The summed E-state index contributed by atoms with van der Waals surface area (Å²) in [6.07, 6.45) is 2.80. The number of fused-ring (bicyclic) bond motifs is 3. The molecule has 0 radical (unpaired) electrons. The number of nitrogens with zero attached hydrogens (tertiary/aromatic N) is 3. The standard InChI is InChI=1S/C40H44N4O6S/c45-38-34-25-31(27-44(34)40(47)36-17-15-32(50-36)28-51-33-12-5-2-6-13-33)43(39(46)30-10-3-1-4-11-30)21-9-20-42(19-8-7-18-41-38)26-29-14-16-35-37(24-29)49-23-22-48-35/h1-6,10-17,24,31,34H,7-9,18-23,25-28H2,(H,41,45)/t31-,34-/m0/s1. The molecular weight excluding hydrogens is 665 g/mol. The third-order valence-corrected chi connectivity index (χ3v) is 10.7. The molecule has 3 aliphatic heterocycles. The number of hydrogen-bond acceptors (Lipinski definition) is 8. The smallest absolute Gasteiger partial charge is 0.290 e. The summed E-state index contributed by atoms with van der Waals surface area (Å²) in [6, 6.07) is 27.9. The van der Waals surface area contributed by atoms with E-state index in [4.69, 9.17) is 13.9 Å². The Bertz CT molecular complexity index is 1800. The van der Waals surface area contributed by atoms with E-state index in [1.165, 1.54) is 0 Å². The van der Waals surface area contributed by atoms with E-state index in [9.17, 15) is 14.4 Å². The van der Waals surface area contributed by atoms with Crippen molar-refractivity contribution in [3.8, 4) is 11.5 Å². The second-order valence-corrected chi connectivity index (χ2v) is 14.2. The van der Waals surface area contributed by atoms with Crippen molar-refractivity contribution in [2.75, 3.05) is 45.9 Å². The summed E-state index contributed by atoms with van der Waals surface area (Å²) in [4.78, 5) is 48.9. The summed E-state index contributed by atoms with van der Waals surface area (Å²) >= 11 is 1.63. The lowest BCUT2D eigenvalue weighted by molar-refractivity contribution is -0.124. The molecule has 4 heterocycles. The topological polar surface area (TPSA) is 105 Å². The first-order chi connectivity index (χ1) is 25.0. The van der Waals surface area contributed by atoms with Crippen LogP contribution in [0.5, 0.6) is 11.5 Å². The van der Waals surface area contributed by atoms with Gasteiger partial charge in [0.15, 0.2) is 17.3 Å². The van der Waals surface area contributed by atoms with E-state index in [0.29, 0.717) is 49.8 Å². The summed E-state index contributed by atoms with van der Waals surface area (Å²) in [7, 11) is 0. The highest BCUT2D eigenvalue weighted by molar-refractivity contribution is 7.98. The summed E-state index contributed by atoms with van der Waals surface area (Å²) < 4.78 is 17.6. The van der Waals surface area contributed by atoms with E-state index >= 15 is 0 Å². The number of amides is 3. The van der Waals surface area contributed by atoms with Crippen molar-refractivity contribution in [2.45, 2.75) is 55.0 Å². The molecule has 0 aliphatic carbocycles. The van der Waals surface area contributed by atoms with Crippen molar-refractivity contribution < 1.29 is 28.3 Å². The lowest BCUT2D eigenvalue weighted by Crippen LogP contribution is -2.46. The molecule has 3 amide bonds. The van der Waals surface area contributed by atoms with Crippen LogP contribution in [0.25, 0.3) is 0 Å². The molecule has 266 valence electrons. The number of carbonyl (C=O) groups is 3. The minimum atomic E-state index is -0.713. The Morgan fingerprint density at radius 1 is 0.784 bits per heavy atom. The van der Waals surface area contributed by atoms with Crippen molar-refractivity contribution in [3.05, 3.63) is 114 Å². The van der Waals surface area contributed by atoms with Crippen molar-refractivity contribution in [1.82, 2.24) is 20.0 Å². The summed E-state index contributed by atoms with van der Waals surface area (Å²) in [5.41, 5.74) is 1.72. The zero-order chi connectivity index (χ0) is 35.0. The predicted octanol–water partition coefficient (Wildman–Crippen LogP) is 5.87. The number of furan rings is 1. The molecular formula is C40H44N4O6S. The van der Waals surface area contributed by atoms with Crippen LogP contribution in [0.3, 0.4) is 0 Å². The Morgan fingerprint density at radius 2 is 1.55 bits per heavy atom. The van der Waals surface area contributed by atoms with Crippen LogP contribution >= 0.6 is 11.8 Å². The van der Waals surface area contributed by atoms with Gasteiger partial charge in [0.05, 0.1) is 11.8 Å². The number of carbonyl (C=O) groups excluding carboxylic acids is 3. The van der Waals surface area contributed by atoms with Crippen LogP contribution in [0.1, 0.15) is 57.9 Å². The number of hydrogen-bond donors (Lipinski definition) is 1. The second-order valence-electron chi connectivity index (χ2n) is 13.2. The van der Waals surface area contributed by atoms with E-state index in [1.54, 1.807) is 22.7 Å². The Labute approximate surface area is 303 Å². The van der Waals surface area contributed by atoms with E-state index < -0.39 is 6.04 Å². The van der Waals surface area contributed by atoms with E-state index in [1.807, 2.05) is 77.7 Å². The minimum Gasteiger partial charge on any atom is -0.486 e. The zero-order valence-corrected chi connectivity index (χ0v) is 29.5. The van der Waals surface area contributed by atoms with Gasteiger partial charge in [-0.1, -0.05) is 42.5 Å². The first kappa shape index (κ1) is 34.7. The van der Waals surface area contributed by atoms with Gasteiger partial charge in [0.25, 0.3) is 11.8 Å². The molecule has 7 rings (SSSR count). The first-order valence-electron chi connectivity index (χ1n) is 17.8. The molecule has 0 spiro atoms. The molecule has 3 aliphatic rings. The fourth-order valence-corrected chi connectivity index (χ4v) is 7.87. The lowest BCUT2D eigenvalue weighted by atomic mass is 10.1. The molecule has 2 saturated heterocycles. The van der Waals surface area contributed by atoms with Gasteiger partial charge >= 0.3 is 0 Å². The molecule has 4 aromatic rings. The second kappa shape index (κ2) is 16.5. The average Bonchev–Trinajstić information content (AvgIpc) is 3.84. The Kier molecular flexibility index (Phi) is 11.2. The largest absolute Gasteiger partial charge is 0.486 e. The number of thioether (sulfide) groups is 1. The fourth-order valence-electron chi connectivity index (χ4n) is 7.06. The molecule has 1 N–H and O–H groups in total. The van der Waals surface area contributed by atoms with Gasteiger partial charge in [0.1, 0.15) is 25.0 Å². The van der Waals surface area contributed by atoms with Crippen molar-refractivity contribution in [2.24, 2.45) is 0 Å². The third kappa shape index (κ3) is 8.60. The van der Waals surface area contributed by atoms with Crippen LogP contribution < -0.4 is 14.8 Å². The average molecular weight is 709 g/mol. The van der Waals surface area contributed by atoms with Crippen molar-refractivity contribution >= 4 is 29.5 Å². The van der Waals surface area contributed by atoms with Crippen LogP contribution in [-0.2, 0) is 17.1 Å². The molecule has 3 aromatic carbocycles. The maximum Gasteiger partial charge on any atom is 0.290 e. The molecule has 2 fully saturated rings. The van der Waals surface area contributed by atoms with Crippen molar-refractivity contribution in [1.29, 1.82) is 0 Å². The molecule has 0 unspecified atom stereocenters. The molecule has 2 atom stereocenters. The van der Waals surface area contributed by atoms with Gasteiger partial charge in [-0.25, -0.2) is 0 Å².